The standard InChI is InChI=1S/C21H20FNO2/c1-2-20(21(24)23-14-15-7-10-18(22)11-8-15)25-19-12-9-16-5-3-4-6-17(16)13-19/h3-13,20H,2,14H2,1H3,(H,23,24). The Morgan fingerprint density at radius 2 is 1.76 bits per heavy atom. The van der Waals surface area contributed by atoms with E-state index in [9.17, 15) is 9.18 Å². The van der Waals surface area contributed by atoms with E-state index < -0.39 is 6.10 Å². The van der Waals surface area contributed by atoms with E-state index in [-0.39, 0.29) is 11.7 Å². The summed E-state index contributed by atoms with van der Waals surface area (Å²) < 4.78 is 18.8. The first-order valence-electron chi connectivity index (χ1n) is 8.33. The summed E-state index contributed by atoms with van der Waals surface area (Å²) in [5.74, 6) is 0.198. The number of carbonyl (C=O) groups is 1. The number of nitrogens with one attached hydrogen (secondary N) is 1. The first-order valence-corrected chi connectivity index (χ1v) is 8.33. The lowest BCUT2D eigenvalue weighted by Crippen LogP contribution is -2.37. The molecule has 0 aliphatic heterocycles. The number of benzene rings is 3. The van der Waals surface area contributed by atoms with Crippen LogP contribution in [0.5, 0.6) is 5.75 Å². The fraction of sp³-hybridized carbons (Fsp3) is 0.190. The molecule has 0 bridgehead atoms. The zero-order chi connectivity index (χ0) is 17.6. The molecule has 25 heavy (non-hydrogen) atoms. The van der Waals surface area contributed by atoms with E-state index in [1.165, 1.54) is 12.1 Å². The summed E-state index contributed by atoms with van der Waals surface area (Å²) in [5.41, 5.74) is 0.843. The van der Waals surface area contributed by atoms with Crippen LogP contribution in [-0.4, -0.2) is 12.0 Å². The number of carbonyl (C=O) groups excluding carboxylic acids is 1. The van der Waals surface area contributed by atoms with Crippen molar-refractivity contribution in [1.29, 1.82) is 0 Å². The summed E-state index contributed by atoms with van der Waals surface area (Å²) in [4.78, 5) is 12.4. The second-order valence-corrected chi connectivity index (χ2v) is 5.87. The minimum Gasteiger partial charge on any atom is -0.481 e. The highest BCUT2D eigenvalue weighted by Gasteiger charge is 2.18. The maximum Gasteiger partial charge on any atom is 0.261 e. The summed E-state index contributed by atoms with van der Waals surface area (Å²) in [6.07, 6.45) is -0.0103. The lowest BCUT2D eigenvalue weighted by atomic mass is 10.1. The van der Waals surface area contributed by atoms with Crippen molar-refractivity contribution in [2.24, 2.45) is 0 Å². The third-order valence-corrected chi connectivity index (χ3v) is 4.04. The summed E-state index contributed by atoms with van der Waals surface area (Å²) in [6, 6.07) is 19.9. The Kier molecular flexibility index (Phi) is 5.29. The molecule has 0 saturated heterocycles. The molecule has 3 nitrogen and oxygen atoms in total. The van der Waals surface area contributed by atoms with Crippen LogP contribution in [0, 0.1) is 5.82 Å². The first-order chi connectivity index (χ1) is 12.2. The van der Waals surface area contributed by atoms with E-state index in [0.29, 0.717) is 18.7 Å². The van der Waals surface area contributed by atoms with Gasteiger partial charge in [0.2, 0.25) is 0 Å². The molecule has 0 fully saturated rings. The molecule has 3 aromatic carbocycles. The molecule has 1 atom stereocenters. The van der Waals surface area contributed by atoms with E-state index in [2.05, 4.69) is 5.32 Å². The number of ether oxygens (including phenoxy) is 1. The third-order valence-electron chi connectivity index (χ3n) is 4.04. The van der Waals surface area contributed by atoms with Gasteiger partial charge in [0, 0.05) is 6.54 Å². The maximum absolute atomic E-state index is 12.9. The maximum atomic E-state index is 12.9. The molecule has 0 aliphatic carbocycles. The monoisotopic (exact) mass is 337 g/mol. The molecular formula is C21H20FNO2. The zero-order valence-corrected chi connectivity index (χ0v) is 14.0. The van der Waals surface area contributed by atoms with Crippen LogP contribution in [0.2, 0.25) is 0 Å². The molecule has 1 amide bonds. The highest BCUT2D eigenvalue weighted by atomic mass is 19.1. The molecular weight excluding hydrogens is 317 g/mol. The van der Waals surface area contributed by atoms with Crippen molar-refractivity contribution >= 4 is 16.7 Å². The van der Waals surface area contributed by atoms with Crippen molar-refractivity contribution in [3.05, 3.63) is 78.1 Å². The van der Waals surface area contributed by atoms with Crippen LogP contribution in [0.1, 0.15) is 18.9 Å². The van der Waals surface area contributed by atoms with Gasteiger partial charge in [0.1, 0.15) is 11.6 Å². The molecule has 3 aromatic rings. The predicted molar refractivity (Wildman–Crippen MR) is 96.9 cm³/mol. The van der Waals surface area contributed by atoms with Crippen molar-refractivity contribution in [3.63, 3.8) is 0 Å². The quantitative estimate of drug-likeness (QED) is 0.721. The number of rotatable bonds is 6. The van der Waals surface area contributed by atoms with Gasteiger partial charge < -0.3 is 10.1 Å². The molecule has 128 valence electrons. The van der Waals surface area contributed by atoms with Crippen LogP contribution in [0.15, 0.2) is 66.7 Å². The highest BCUT2D eigenvalue weighted by Crippen LogP contribution is 2.22. The number of fused-ring (bicyclic) bond motifs is 1. The van der Waals surface area contributed by atoms with Crippen LogP contribution in [0.4, 0.5) is 4.39 Å². The van der Waals surface area contributed by atoms with Crippen molar-refractivity contribution < 1.29 is 13.9 Å². The molecule has 0 aromatic heterocycles. The highest BCUT2D eigenvalue weighted by molar-refractivity contribution is 5.84. The topological polar surface area (TPSA) is 38.3 Å². The van der Waals surface area contributed by atoms with Crippen molar-refractivity contribution in [2.75, 3.05) is 0 Å². The van der Waals surface area contributed by atoms with Gasteiger partial charge in [-0.1, -0.05) is 49.4 Å². The Bertz CT molecular complexity index is 861. The molecule has 0 aliphatic rings. The Morgan fingerprint density at radius 1 is 1.04 bits per heavy atom. The van der Waals surface area contributed by atoms with Gasteiger partial charge in [-0.2, -0.15) is 0 Å². The smallest absolute Gasteiger partial charge is 0.261 e. The first kappa shape index (κ1) is 17.0. The third kappa shape index (κ3) is 4.35. The molecule has 0 radical (unpaired) electrons. The molecule has 3 rings (SSSR count). The fourth-order valence-corrected chi connectivity index (χ4v) is 2.63. The summed E-state index contributed by atoms with van der Waals surface area (Å²) in [5, 5.41) is 5.04. The van der Waals surface area contributed by atoms with Crippen molar-refractivity contribution in [3.8, 4) is 5.75 Å². The van der Waals surface area contributed by atoms with E-state index in [0.717, 1.165) is 16.3 Å². The Labute approximate surface area is 146 Å². The number of hydrogen-bond acceptors (Lipinski definition) is 2. The van der Waals surface area contributed by atoms with Crippen LogP contribution < -0.4 is 10.1 Å². The summed E-state index contributed by atoms with van der Waals surface area (Å²) in [6.45, 7) is 2.25. The van der Waals surface area contributed by atoms with E-state index in [1.54, 1.807) is 12.1 Å². The Balaban J connectivity index is 1.64. The predicted octanol–water partition coefficient (Wildman–Crippen LogP) is 4.45. The average molecular weight is 337 g/mol. The fourth-order valence-electron chi connectivity index (χ4n) is 2.63. The minimum atomic E-state index is -0.568. The van der Waals surface area contributed by atoms with Crippen LogP contribution in [-0.2, 0) is 11.3 Å². The second-order valence-electron chi connectivity index (χ2n) is 5.87. The minimum absolute atomic E-state index is 0.181. The molecule has 1 unspecified atom stereocenters. The molecule has 0 heterocycles. The number of halogens is 1. The van der Waals surface area contributed by atoms with Crippen LogP contribution in [0.25, 0.3) is 10.8 Å². The second kappa shape index (κ2) is 7.79. The van der Waals surface area contributed by atoms with Gasteiger partial charge in [-0.25, -0.2) is 4.39 Å². The van der Waals surface area contributed by atoms with Gasteiger partial charge >= 0.3 is 0 Å². The largest absolute Gasteiger partial charge is 0.481 e. The zero-order valence-electron chi connectivity index (χ0n) is 14.0. The van der Waals surface area contributed by atoms with Crippen LogP contribution in [0.3, 0.4) is 0 Å². The van der Waals surface area contributed by atoms with E-state index in [4.69, 9.17) is 4.74 Å². The summed E-state index contributed by atoms with van der Waals surface area (Å²) >= 11 is 0. The van der Waals surface area contributed by atoms with Crippen molar-refractivity contribution in [2.45, 2.75) is 26.0 Å². The van der Waals surface area contributed by atoms with Gasteiger partial charge in [-0.3, -0.25) is 4.79 Å². The average Bonchev–Trinajstić information content (AvgIpc) is 2.65. The Morgan fingerprint density at radius 3 is 2.48 bits per heavy atom. The normalized spacial score (nSPS) is 11.9. The number of amides is 1. The van der Waals surface area contributed by atoms with Crippen LogP contribution >= 0.6 is 0 Å². The van der Waals surface area contributed by atoms with Gasteiger partial charge in [-0.05, 0) is 47.0 Å². The molecule has 0 spiro atoms. The van der Waals surface area contributed by atoms with Crippen molar-refractivity contribution in [1.82, 2.24) is 5.32 Å². The lowest BCUT2D eigenvalue weighted by Gasteiger charge is -2.17. The molecule has 1 N–H and O–H groups in total. The Hall–Kier alpha value is -2.88. The lowest BCUT2D eigenvalue weighted by molar-refractivity contribution is -0.128. The van der Waals surface area contributed by atoms with E-state index in [1.807, 2.05) is 49.4 Å². The van der Waals surface area contributed by atoms with Gasteiger partial charge in [0.05, 0.1) is 0 Å². The number of hydrogen-bond donors (Lipinski definition) is 1. The van der Waals surface area contributed by atoms with E-state index >= 15 is 0 Å². The van der Waals surface area contributed by atoms with Gasteiger partial charge in [0.25, 0.3) is 5.91 Å². The van der Waals surface area contributed by atoms with Gasteiger partial charge in [0.15, 0.2) is 6.10 Å². The SMILES string of the molecule is CCC(Oc1ccc2ccccc2c1)C(=O)NCc1ccc(F)cc1. The summed E-state index contributed by atoms with van der Waals surface area (Å²) in [7, 11) is 0. The molecule has 0 saturated carbocycles. The van der Waals surface area contributed by atoms with Gasteiger partial charge in [-0.15, -0.1) is 0 Å². The molecule has 4 heteroatoms.